The molecule has 0 saturated carbocycles. The summed E-state index contributed by atoms with van der Waals surface area (Å²) in [5, 5.41) is 28.7. The van der Waals surface area contributed by atoms with Crippen LogP contribution in [0.4, 0.5) is 0 Å². The van der Waals surface area contributed by atoms with E-state index in [0.29, 0.717) is 6.61 Å². The number of hydrogen-bond donors (Lipinski definition) is 3. The summed E-state index contributed by atoms with van der Waals surface area (Å²) in [6.45, 7) is 3.13. The van der Waals surface area contributed by atoms with Crippen molar-refractivity contribution in [1.82, 2.24) is 0 Å². The van der Waals surface area contributed by atoms with Gasteiger partial charge in [-0.15, -0.1) is 0 Å². The summed E-state index contributed by atoms with van der Waals surface area (Å²) in [6, 6.07) is 0. The van der Waals surface area contributed by atoms with Gasteiger partial charge in [-0.3, -0.25) is 0 Å². The summed E-state index contributed by atoms with van der Waals surface area (Å²) in [7, 11) is 0. The fourth-order valence-corrected chi connectivity index (χ4v) is 2.60. The molecule has 1 aliphatic heterocycles. The lowest BCUT2D eigenvalue weighted by Gasteiger charge is -2.35. The quantitative estimate of drug-likeness (QED) is 0.377. The minimum atomic E-state index is -1.15. The molecule has 3 N–H and O–H groups in total. The van der Waals surface area contributed by atoms with Crippen LogP contribution in [0.5, 0.6) is 0 Å². The Kier molecular flexibility index (Phi) is 11.5. The molecule has 0 amide bonds. The zero-order valence-corrected chi connectivity index (χ0v) is 14.4. The van der Waals surface area contributed by atoms with Crippen LogP contribution >= 0.6 is 0 Å². The van der Waals surface area contributed by atoms with Crippen LogP contribution in [-0.4, -0.2) is 59.6 Å². The van der Waals surface area contributed by atoms with Gasteiger partial charge in [-0.1, -0.05) is 38.3 Å². The third-order valence-corrected chi connectivity index (χ3v) is 4.19. The molecule has 1 heterocycles. The molecule has 0 bridgehead atoms. The second-order valence-electron chi connectivity index (χ2n) is 6.31. The van der Waals surface area contributed by atoms with Gasteiger partial charge in [-0.05, 0) is 32.1 Å². The van der Waals surface area contributed by atoms with Crippen LogP contribution in [0.2, 0.25) is 0 Å². The SMILES string of the molecule is CCCCCC/C=C/CCCCOC[C@@H]1OC[C@@H](O)[C@H](O)[C@H]1O. The van der Waals surface area contributed by atoms with Crippen LogP contribution in [0.1, 0.15) is 58.3 Å². The van der Waals surface area contributed by atoms with Gasteiger partial charge >= 0.3 is 0 Å². The van der Waals surface area contributed by atoms with E-state index >= 15 is 0 Å². The van der Waals surface area contributed by atoms with E-state index in [1.54, 1.807) is 0 Å². The molecule has 1 fully saturated rings. The number of unbranched alkanes of at least 4 members (excludes halogenated alkanes) is 6. The van der Waals surface area contributed by atoms with Gasteiger partial charge in [0.25, 0.3) is 0 Å². The van der Waals surface area contributed by atoms with Crippen molar-refractivity contribution in [1.29, 1.82) is 0 Å². The number of ether oxygens (including phenoxy) is 2. The van der Waals surface area contributed by atoms with E-state index in [-0.39, 0.29) is 13.2 Å². The second-order valence-corrected chi connectivity index (χ2v) is 6.31. The molecule has 5 heteroatoms. The smallest absolute Gasteiger partial charge is 0.111 e. The van der Waals surface area contributed by atoms with Crippen molar-refractivity contribution in [2.45, 2.75) is 82.7 Å². The molecule has 0 spiro atoms. The number of rotatable bonds is 12. The number of aliphatic hydroxyl groups is 3. The number of hydrogen-bond acceptors (Lipinski definition) is 5. The highest BCUT2D eigenvalue weighted by Gasteiger charge is 2.37. The Morgan fingerprint density at radius 2 is 1.65 bits per heavy atom. The maximum atomic E-state index is 9.76. The summed E-state index contributed by atoms with van der Waals surface area (Å²) in [4.78, 5) is 0. The molecule has 0 unspecified atom stereocenters. The van der Waals surface area contributed by atoms with Gasteiger partial charge in [0.1, 0.15) is 24.4 Å². The number of aliphatic hydroxyl groups excluding tert-OH is 3. The first kappa shape index (κ1) is 20.6. The molecule has 23 heavy (non-hydrogen) atoms. The predicted molar refractivity (Wildman–Crippen MR) is 90.3 cm³/mol. The minimum absolute atomic E-state index is 0.0370. The van der Waals surface area contributed by atoms with E-state index in [4.69, 9.17) is 9.47 Å². The molecule has 5 nitrogen and oxygen atoms in total. The van der Waals surface area contributed by atoms with Crippen LogP contribution in [-0.2, 0) is 9.47 Å². The van der Waals surface area contributed by atoms with Crippen LogP contribution in [0, 0.1) is 0 Å². The second kappa shape index (κ2) is 12.9. The maximum Gasteiger partial charge on any atom is 0.111 e. The van der Waals surface area contributed by atoms with Crippen molar-refractivity contribution >= 4 is 0 Å². The molecule has 0 aromatic heterocycles. The monoisotopic (exact) mass is 330 g/mol. The third kappa shape index (κ3) is 8.82. The molecule has 136 valence electrons. The van der Waals surface area contributed by atoms with Crippen molar-refractivity contribution in [3.8, 4) is 0 Å². The Morgan fingerprint density at radius 1 is 0.957 bits per heavy atom. The molecule has 0 aliphatic carbocycles. The fourth-order valence-electron chi connectivity index (χ4n) is 2.60. The molecule has 1 aliphatic rings. The summed E-state index contributed by atoms with van der Waals surface area (Å²) in [5.41, 5.74) is 0. The Morgan fingerprint density at radius 3 is 2.35 bits per heavy atom. The predicted octanol–water partition coefficient (Wildman–Crippen LogP) is 2.18. The molecule has 0 aromatic carbocycles. The van der Waals surface area contributed by atoms with Gasteiger partial charge in [0.2, 0.25) is 0 Å². The average Bonchev–Trinajstić information content (AvgIpc) is 2.55. The Labute approximate surface area is 140 Å². The lowest BCUT2D eigenvalue weighted by Crippen LogP contribution is -2.54. The Hall–Kier alpha value is -0.460. The van der Waals surface area contributed by atoms with Crippen molar-refractivity contribution in [3.05, 3.63) is 12.2 Å². The van der Waals surface area contributed by atoms with Gasteiger partial charge in [0.15, 0.2) is 0 Å². The van der Waals surface area contributed by atoms with Crippen molar-refractivity contribution in [2.24, 2.45) is 0 Å². The van der Waals surface area contributed by atoms with Gasteiger partial charge in [0.05, 0.1) is 13.2 Å². The van der Waals surface area contributed by atoms with Crippen molar-refractivity contribution in [3.63, 3.8) is 0 Å². The first-order valence-electron chi connectivity index (χ1n) is 9.05. The third-order valence-electron chi connectivity index (χ3n) is 4.19. The van der Waals surface area contributed by atoms with Crippen molar-refractivity contribution in [2.75, 3.05) is 19.8 Å². The van der Waals surface area contributed by atoms with E-state index in [1.807, 2.05) is 0 Å². The van der Waals surface area contributed by atoms with Crippen LogP contribution in [0.15, 0.2) is 12.2 Å². The summed E-state index contributed by atoms with van der Waals surface area (Å²) < 4.78 is 10.8. The topological polar surface area (TPSA) is 79.2 Å². The molecular formula is C18H34O5. The molecule has 1 rings (SSSR count). The Bertz CT molecular complexity index is 308. The van der Waals surface area contributed by atoms with E-state index in [1.165, 1.54) is 32.1 Å². The van der Waals surface area contributed by atoms with Crippen LogP contribution in [0.3, 0.4) is 0 Å². The van der Waals surface area contributed by atoms with E-state index in [0.717, 1.165) is 19.3 Å². The van der Waals surface area contributed by atoms with Gasteiger partial charge in [0, 0.05) is 6.61 Å². The van der Waals surface area contributed by atoms with Gasteiger partial charge < -0.3 is 24.8 Å². The summed E-state index contributed by atoms with van der Waals surface area (Å²) in [6.07, 6.45) is 10.2. The maximum absolute atomic E-state index is 9.76. The number of allylic oxidation sites excluding steroid dienone is 2. The molecular weight excluding hydrogens is 296 g/mol. The first-order valence-corrected chi connectivity index (χ1v) is 9.05. The molecule has 0 radical (unpaired) electrons. The van der Waals surface area contributed by atoms with Crippen LogP contribution in [0.25, 0.3) is 0 Å². The summed E-state index contributed by atoms with van der Waals surface area (Å²) in [5.74, 6) is 0. The normalized spacial score (nSPS) is 28.5. The largest absolute Gasteiger partial charge is 0.388 e. The minimum Gasteiger partial charge on any atom is -0.388 e. The van der Waals surface area contributed by atoms with Crippen molar-refractivity contribution < 1.29 is 24.8 Å². The lowest BCUT2D eigenvalue weighted by atomic mass is 10.0. The summed E-state index contributed by atoms with van der Waals surface area (Å²) >= 11 is 0. The molecule has 4 atom stereocenters. The zero-order valence-electron chi connectivity index (χ0n) is 14.4. The van der Waals surface area contributed by atoms with E-state index < -0.39 is 24.4 Å². The fraction of sp³-hybridized carbons (Fsp3) is 0.889. The highest BCUT2D eigenvalue weighted by atomic mass is 16.6. The highest BCUT2D eigenvalue weighted by Crippen LogP contribution is 2.16. The highest BCUT2D eigenvalue weighted by molar-refractivity contribution is 4.86. The van der Waals surface area contributed by atoms with Gasteiger partial charge in [-0.2, -0.15) is 0 Å². The van der Waals surface area contributed by atoms with Crippen LogP contribution < -0.4 is 0 Å². The zero-order chi connectivity index (χ0) is 16.9. The first-order chi connectivity index (χ1) is 11.2. The lowest BCUT2D eigenvalue weighted by molar-refractivity contribution is -0.199. The van der Waals surface area contributed by atoms with Gasteiger partial charge in [-0.25, -0.2) is 0 Å². The average molecular weight is 330 g/mol. The molecule has 1 saturated heterocycles. The Balaban J connectivity index is 1.92. The standard InChI is InChI=1S/C18H34O5/c1-2-3-4-5-6-7-8-9-10-11-12-22-14-16-18(21)17(20)15(19)13-23-16/h7-8,15-21H,2-6,9-14H2,1H3/b8-7+/t15-,16+,17+,18+/m1/s1. The molecule has 0 aromatic rings. The van der Waals surface area contributed by atoms with E-state index in [2.05, 4.69) is 19.1 Å². The van der Waals surface area contributed by atoms with E-state index in [9.17, 15) is 15.3 Å².